The molecule has 2 heterocycles. The molecule has 2 N–H and O–H groups in total. The molecule has 1 aliphatic carbocycles. The van der Waals surface area contributed by atoms with Crippen LogP contribution in [0.5, 0.6) is 0 Å². The highest BCUT2D eigenvalue weighted by Crippen LogP contribution is 2.27. The molecule has 2 aromatic heterocycles. The van der Waals surface area contributed by atoms with E-state index in [0.717, 1.165) is 22.4 Å². The van der Waals surface area contributed by atoms with E-state index in [-0.39, 0.29) is 12.0 Å². The largest absolute Gasteiger partial charge is 0.324 e. The van der Waals surface area contributed by atoms with E-state index in [0.29, 0.717) is 0 Å². The Bertz CT molecular complexity index is 560. The predicted octanol–water partition coefficient (Wildman–Crippen LogP) is 1.86. The minimum Gasteiger partial charge on any atom is -0.324 e. The zero-order valence-corrected chi connectivity index (χ0v) is 10.1. The third-order valence-electron chi connectivity index (χ3n) is 2.84. The van der Waals surface area contributed by atoms with Crippen LogP contribution in [0, 0.1) is 0 Å². The number of hydrogen-bond acceptors (Lipinski definition) is 3. The summed E-state index contributed by atoms with van der Waals surface area (Å²) in [5, 5.41) is 8.39. The zero-order valence-electron chi connectivity index (χ0n) is 8.55. The van der Waals surface area contributed by atoms with E-state index in [1.165, 1.54) is 0 Å². The first-order chi connectivity index (χ1) is 7.74. The van der Waals surface area contributed by atoms with Crippen molar-refractivity contribution in [1.29, 1.82) is 0 Å². The Morgan fingerprint density at radius 3 is 2.94 bits per heavy atom. The molecule has 0 saturated heterocycles. The van der Waals surface area contributed by atoms with E-state index in [1.807, 2.05) is 28.8 Å². The van der Waals surface area contributed by atoms with Gasteiger partial charge in [0, 0.05) is 22.6 Å². The Balaban J connectivity index is 2.10. The van der Waals surface area contributed by atoms with E-state index < -0.39 is 0 Å². The SMILES string of the molecule is NC1C=CC(c2nnc3ccc(Br)cn23)C1. The van der Waals surface area contributed by atoms with Gasteiger partial charge >= 0.3 is 0 Å². The van der Waals surface area contributed by atoms with Crippen molar-refractivity contribution in [3.05, 3.63) is 40.8 Å². The fourth-order valence-electron chi connectivity index (χ4n) is 2.05. The average Bonchev–Trinajstić information content (AvgIpc) is 2.83. The van der Waals surface area contributed by atoms with Gasteiger partial charge in [-0.15, -0.1) is 10.2 Å². The Morgan fingerprint density at radius 2 is 2.19 bits per heavy atom. The average molecular weight is 279 g/mol. The molecule has 0 aliphatic heterocycles. The summed E-state index contributed by atoms with van der Waals surface area (Å²) >= 11 is 3.45. The smallest absolute Gasteiger partial charge is 0.160 e. The molecule has 0 fully saturated rings. The summed E-state index contributed by atoms with van der Waals surface area (Å²) in [4.78, 5) is 0. The van der Waals surface area contributed by atoms with E-state index in [2.05, 4.69) is 32.2 Å². The molecule has 0 radical (unpaired) electrons. The molecular formula is C11H11BrN4. The van der Waals surface area contributed by atoms with Gasteiger partial charge in [0.2, 0.25) is 0 Å². The number of halogens is 1. The summed E-state index contributed by atoms with van der Waals surface area (Å²) in [6, 6.07) is 4.05. The van der Waals surface area contributed by atoms with Crippen LogP contribution in [0.15, 0.2) is 35.0 Å². The van der Waals surface area contributed by atoms with Crippen molar-refractivity contribution in [2.75, 3.05) is 0 Å². The van der Waals surface area contributed by atoms with Crippen molar-refractivity contribution in [1.82, 2.24) is 14.6 Å². The first kappa shape index (κ1) is 9.99. The van der Waals surface area contributed by atoms with Gasteiger partial charge in [0.05, 0.1) is 0 Å². The minimum absolute atomic E-state index is 0.143. The van der Waals surface area contributed by atoms with Gasteiger partial charge in [-0.1, -0.05) is 12.2 Å². The zero-order chi connectivity index (χ0) is 11.1. The Hall–Kier alpha value is -1.20. The molecule has 0 spiro atoms. The van der Waals surface area contributed by atoms with Gasteiger partial charge < -0.3 is 5.73 Å². The molecular weight excluding hydrogens is 268 g/mol. The first-order valence-electron chi connectivity index (χ1n) is 5.18. The lowest BCUT2D eigenvalue weighted by Gasteiger charge is -2.07. The van der Waals surface area contributed by atoms with Crippen LogP contribution in [0.2, 0.25) is 0 Å². The number of aromatic nitrogens is 3. The van der Waals surface area contributed by atoms with Gasteiger partial charge in [0.25, 0.3) is 0 Å². The molecule has 0 aromatic carbocycles. The molecule has 2 atom stereocenters. The van der Waals surface area contributed by atoms with Crippen molar-refractivity contribution in [3.8, 4) is 0 Å². The second-order valence-corrected chi connectivity index (χ2v) is 4.94. The minimum atomic E-state index is 0.143. The normalized spacial score (nSPS) is 24.4. The van der Waals surface area contributed by atoms with Crippen LogP contribution in [0.1, 0.15) is 18.2 Å². The summed E-state index contributed by atoms with van der Waals surface area (Å²) in [6.07, 6.45) is 7.04. The molecule has 16 heavy (non-hydrogen) atoms. The standard InChI is InChI=1S/C11H11BrN4/c12-8-2-4-10-14-15-11(16(10)6-8)7-1-3-9(13)5-7/h1-4,6-7,9H,5,13H2. The van der Waals surface area contributed by atoms with Crippen LogP contribution in [0.4, 0.5) is 0 Å². The maximum absolute atomic E-state index is 5.85. The van der Waals surface area contributed by atoms with Gasteiger partial charge in [-0.05, 0) is 34.5 Å². The molecule has 1 aliphatic rings. The highest BCUT2D eigenvalue weighted by molar-refractivity contribution is 9.10. The maximum atomic E-state index is 5.85. The number of fused-ring (bicyclic) bond motifs is 1. The van der Waals surface area contributed by atoms with Crippen molar-refractivity contribution in [2.24, 2.45) is 5.73 Å². The quantitative estimate of drug-likeness (QED) is 0.811. The van der Waals surface area contributed by atoms with Gasteiger partial charge in [0.1, 0.15) is 5.82 Å². The summed E-state index contributed by atoms with van der Waals surface area (Å²) in [5.41, 5.74) is 6.72. The molecule has 0 amide bonds. The summed E-state index contributed by atoms with van der Waals surface area (Å²) in [5.74, 6) is 1.24. The van der Waals surface area contributed by atoms with Gasteiger partial charge in [-0.25, -0.2) is 0 Å². The molecule has 4 nitrogen and oxygen atoms in total. The Morgan fingerprint density at radius 1 is 1.31 bits per heavy atom. The lowest BCUT2D eigenvalue weighted by atomic mass is 10.1. The third-order valence-corrected chi connectivity index (χ3v) is 3.31. The number of hydrogen-bond donors (Lipinski definition) is 1. The van der Waals surface area contributed by atoms with Crippen molar-refractivity contribution >= 4 is 21.6 Å². The number of allylic oxidation sites excluding steroid dienone is 1. The lowest BCUT2D eigenvalue weighted by molar-refractivity contribution is 0.670. The van der Waals surface area contributed by atoms with Crippen LogP contribution in [-0.4, -0.2) is 20.6 Å². The third kappa shape index (κ3) is 1.56. The second kappa shape index (κ2) is 3.68. The highest BCUT2D eigenvalue weighted by atomic mass is 79.9. The van der Waals surface area contributed by atoms with Crippen LogP contribution < -0.4 is 5.73 Å². The molecule has 3 rings (SSSR count). The molecule has 82 valence electrons. The molecule has 2 unspecified atom stereocenters. The molecule has 0 saturated carbocycles. The topological polar surface area (TPSA) is 56.2 Å². The number of nitrogens with two attached hydrogens (primary N) is 1. The molecule has 2 aromatic rings. The van der Waals surface area contributed by atoms with Gasteiger partial charge in [0.15, 0.2) is 5.65 Å². The first-order valence-corrected chi connectivity index (χ1v) is 5.97. The second-order valence-electron chi connectivity index (χ2n) is 4.02. The highest BCUT2D eigenvalue weighted by Gasteiger charge is 2.22. The summed E-state index contributed by atoms with van der Waals surface area (Å²) < 4.78 is 3.03. The van der Waals surface area contributed by atoms with Crippen molar-refractivity contribution in [2.45, 2.75) is 18.4 Å². The van der Waals surface area contributed by atoms with E-state index in [4.69, 9.17) is 5.73 Å². The van der Waals surface area contributed by atoms with Crippen LogP contribution in [0.25, 0.3) is 5.65 Å². The van der Waals surface area contributed by atoms with E-state index >= 15 is 0 Å². The Kier molecular flexibility index (Phi) is 2.29. The van der Waals surface area contributed by atoms with Crippen molar-refractivity contribution in [3.63, 3.8) is 0 Å². The number of pyridine rings is 1. The predicted molar refractivity (Wildman–Crippen MR) is 65.2 cm³/mol. The Labute approximate surface area is 101 Å². The van der Waals surface area contributed by atoms with Crippen LogP contribution in [0.3, 0.4) is 0 Å². The van der Waals surface area contributed by atoms with Gasteiger partial charge in [-0.2, -0.15) is 0 Å². The maximum Gasteiger partial charge on any atom is 0.160 e. The summed E-state index contributed by atoms with van der Waals surface area (Å²) in [6.45, 7) is 0. The fraction of sp³-hybridized carbons (Fsp3) is 0.273. The van der Waals surface area contributed by atoms with E-state index in [9.17, 15) is 0 Å². The number of nitrogens with zero attached hydrogens (tertiary/aromatic N) is 3. The monoisotopic (exact) mass is 278 g/mol. The number of rotatable bonds is 1. The van der Waals surface area contributed by atoms with Gasteiger partial charge in [-0.3, -0.25) is 4.40 Å². The van der Waals surface area contributed by atoms with Crippen LogP contribution in [-0.2, 0) is 0 Å². The fourth-order valence-corrected chi connectivity index (χ4v) is 2.39. The molecule has 0 bridgehead atoms. The molecule has 5 heteroatoms. The summed E-state index contributed by atoms with van der Waals surface area (Å²) in [7, 11) is 0. The lowest BCUT2D eigenvalue weighted by Crippen LogP contribution is -2.15. The van der Waals surface area contributed by atoms with Crippen molar-refractivity contribution < 1.29 is 0 Å². The van der Waals surface area contributed by atoms with E-state index in [1.54, 1.807) is 0 Å². The van der Waals surface area contributed by atoms with Crippen LogP contribution >= 0.6 is 15.9 Å².